The van der Waals surface area contributed by atoms with E-state index < -0.39 is 0 Å². The first-order chi connectivity index (χ1) is 11.5. The second kappa shape index (κ2) is 6.65. The smallest absolute Gasteiger partial charge is 0.270 e. The van der Waals surface area contributed by atoms with E-state index in [1.807, 2.05) is 54.8 Å². The molecule has 3 rings (SSSR count). The van der Waals surface area contributed by atoms with Gasteiger partial charge in [-0.05, 0) is 59.1 Å². The number of pyridine rings is 1. The van der Waals surface area contributed by atoms with Crippen LogP contribution in [-0.4, -0.2) is 22.4 Å². The van der Waals surface area contributed by atoms with Gasteiger partial charge in [0.25, 0.3) is 5.91 Å². The van der Waals surface area contributed by atoms with Crippen LogP contribution in [0.5, 0.6) is 5.75 Å². The van der Waals surface area contributed by atoms with Crippen LogP contribution in [0.4, 0.5) is 0 Å². The lowest BCUT2D eigenvalue weighted by atomic mass is 10.2. The normalized spacial score (nSPS) is 10.8. The van der Waals surface area contributed by atoms with E-state index >= 15 is 0 Å². The molecule has 24 heavy (non-hydrogen) atoms. The van der Waals surface area contributed by atoms with Crippen molar-refractivity contribution in [3.05, 3.63) is 63.5 Å². The van der Waals surface area contributed by atoms with Crippen molar-refractivity contribution in [3.8, 4) is 5.75 Å². The number of amides is 1. The number of imidazole rings is 1. The van der Waals surface area contributed by atoms with Crippen LogP contribution in [0.2, 0.25) is 0 Å². The highest BCUT2D eigenvalue weighted by Crippen LogP contribution is 2.20. The molecule has 0 aliphatic carbocycles. The number of hydrogen-bond acceptors (Lipinski definition) is 3. The van der Waals surface area contributed by atoms with Crippen LogP contribution in [0.15, 0.2) is 41.0 Å². The maximum absolute atomic E-state index is 12.6. The van der Waals surface area contributed by atoms with Crippen molar-refractivity contribution in [1.82, 2.24) is 14.7 Å². The molecule has 0 unspecified atom stereocenters. The Balaban J connectivity index is 1.84. The molecule has 2 heterocycles. The Morgan fingerprint density at radius 1 is 1.29 bits per heavy atom. The summed E-state index contributed by atoms with van der Waals surface area (Å²) in [5, 5.41) is 2.95. The molecule has 0 aliphatic heterocycles. The fourth-order valence-corrected chi connectivity index (χ4v) is 3.21. The van der Waals surface area contributed by atoms with Gasteiger partial charge in [-0.15, -0.1) is 0 Å². The lowest BCUT2D eigenvalue weighted by Crippen LogP contribution is -2.25. The summed E-state index contributed by atoms with van der Waals surface area (Å²) in [7, 11) is 1.63. The molecule has 0 saturated carbocycles. The molecule has 6 heteroatoms. The van der Waals surface area contributed by atoms with Gasteiger partial charge in [0.1, 0.15) is 17.1 Å². The number of ether oxygens (including phenoxy) is 1. The van der Waals surface area contributed by atoms with E-state index in [1.54, 1.807) is 7.11 Å². The number of methoxy groups -OCH3 is 1. The first kappa shape index (κ1) is 16.5. The predicted octanol–water partition coefficient (Wildman–Crippen LogP) is 3.65. The zero-order chi connectivity index (χ0) is 17.3. The molecular weight excluding hydrogens is 370 g/mol. The quantitative estimate of drug-likeness (QED) is 0.743. The Bertz CT molecular complexity index is 901. The van der Waals surface area contributed by atoms with Gasteiger partial charge in [-0.3, -0.25) is 9.20 Å². The molecule has 2 aromatic heterocycles. The van der Waals surface area contributed by atoms with Gasteiger partial charge in [0.2, 0.25) is 0 Å². The van der Waals surface area contributed by atoms with Crippen LogP contribution in [0, 0.1) is 13.8 Å². The van der Waals surface area contributed by atoms with Gasteiger partial charge in [0, 0.05) is 17.2 Å². The number of aromatic nitrogens is 2. The van der Waals surface area contributed by atoms with Crippen LogP contribution >= 0.6 is 15.9 Å². The summed E-state index contributed by atoms with van der Waals surface area (Å²) >= 11 is 3.47. The summed E-state index contributed by atoms with van der Waals surface area (Å²) in [5.41, 5.74) is 4.09. The summed E-state index contributed by atoms with van der Waals surface area (Å²) < 4.78 is 7.88. The van der Waals surface area contributed by atoms with Crippen LogP contribution in [-0.2, 0) is 6.54 Å². The molecule has 0 atom stereocenters. The average Bonchev–Trinajstić information content (AvgIpc) is 2.89. The molecule has 0 spiro atoms. The molecule has 3 aromatic rings. The number of halogens is 1. The zero-order valence-corrected chi connectivity index (χ0v) is 15.3. The number of benzene rings is 1. The van der Waals surface area contributed by atoms with Crippen molar-refractivity contribution < 1.29 is 9.53 Å². The van der Waals surface area contributed by atoms with Crippen LogP contribution < -0.4 is 10.1 Å². The van der Waals surface area contributed by atoms with Crippen LogP contribution in [0.1, 0.15) is 27.3 Å². The van der Waals surface area contributed by atoms with E-state index in [2.05, 4.69) is 26.2 Å². The average molecular weight is 388 g/mol. The van der Waals surface area contributed by atoms with E-state index in [9.17, 15) is 4.79 Å². The highest BCUT2D eigenvalue weighted by molar-refractivity contribution is 9.10. The molecule has 0 radical (unpaired) electrons. The summed E-state index contributed by atoms with van der Waals surface area (Å²) in [4.78, 5) is 17.2. The lowest BCUT2D eigenvalue weighted by molar-refractivity contribution is 0.0944. The van der Waals surface area contributed by atoms with E-state index in [0.717, 1.165) is 27.0 Å². The highest BCUT2D eigenvalue weighted by Gasteiger charge is 2.17. The molecule has 1 aromatic carbocycles. The SMILES string of the molecule is COc1ccc(CNC(=O)c2c(C)nc3c(C)cc(Br)cn23)cc1. The zero-order valence-electron chi connectivity index (χ0n) is 13.8. The van der Waals surface area contributed by atoms with Gasteiger partial charge >= 0.3 is 0 Å². The fourth-order valence-electron chi connectivity index (χ4n) is 2.66. The van der Waals surface area contributed by atoms with Crippen LogP contribution in [0.25, 0.3) is 5.65 Å². The molecule has 0 fully saturated rings. The van der Waals surface area contributed by atoms with Gasteiger partial charge in [-0.1, -0.05) is 12.1 Å². The topological polar surface area (TPSA) is 55.6 Å². The van der Waals surface area contributed by atoms with Crippen molar-refractivity contribution in [2.24, 2.45) is 0 Å². The summed E-state index contributed by atoms with van der Waals surface area (Å²) in [6, 6.07) is 9.60. The third-order valence-corrected chi connectivity index (χ3v) is 4.31. The third kappa shape index (κ3) is 3.14. The van der Waals surface area contributed by atoms with Crippen molar-refractivity contribution >= 4 is 27.5 Å². The molecular formula is C18H18BrN3O2. The fraction of sp³-hybridized carbons (Fsp3) is 0.222. The van der Waals surface area contributed by atoms with Gasteiger partial charge in [-0.25, -0.2) is 4.98 Å². The minimum Gasteiger partial charge on any atom is -0.497 e. The largest absolute Gasteiger partial charge is 0.497 e. The monoisotopic (exact) mass is 387 g/mol. The van der Waals surface area contributed by atoms with E-state index in [1.165, 1.54) is 0 Å². The number of carbonyl (C=O) groups excluding carboxylic acids is 1. The molecule has 5 nitrogen and oxygen atoms in total. The number of hydrogen-bond donors (Lipinski definition) is 1. The van der Waals surface area contributed by atoms with Crippen molar-refractivity contribution in [2.45, 2.75) is 20.4 Å². The molecule has 124 valence electrons. The third-order valence-electron chi connectivity index (χ3n) is 3.87. The Hall–Kier alpha value is -2.34. The molecule has 0 aliphatic rings. The maximum Gasteiger partial charge on any atom is 0.270 e. The lowest BCUT2D eigenvalue weighted by Gasteiger charge is -2.08. The molecule has 0 saturated heterocycles. The van der Waals surface area contributed by atoms with E-state index in [0.29, 0.717) is 17.9 Å². The number of fused-ring (bicyclic) bond motifs is 1. The summed E-state index contributed by atoms with van der Waals surface area (Å²) in [5.74, 6) is 0.649. The summed E-state index contributed by atoms with van der Waals surface area (Å²) in [6.45, 7) is 4.27. The Morgan fingerprint density at radius 2 is 2.00 bits per heavy atom. The predicted molar refractivity (Wildman–Crippen MR) is 96.5 cm³/mol. The van der Waals surface area contributed by atoms with E-state index in [-0.39, 0.29) is 5.91 Å². The van der Waals surface area contributed by atoms with Gasteiger partial charge in [0.05, 0.1) is 12.8 Å². The Labute approximate surface area is 148 Å². The highest BCUT2D eigenvalue weighted by atomic mass is 79.9. The van der Waals surface area contributed by atoms with Gasteiger partial charge in [0.15, 0.2) is 0 Å². The second-order valence-corrected chi connectivity index (χ2v) is 6.53. The van der Waals surface area contributed by atoms with Crippen molar-refractivity contribution in [1.29, 1.82) is 0 Å². The summed E-state index contributed by atoms with van der Waals surface area (Å²) in [6.07, 6.45) is 1.87. The number of aryl methyl sites for hydroxylation is 2. The molecule has 1 N–H and O–H groups in total. The number of carbonyl (C=O) groups is 1. The minimum atomic E-state index is -0.145. The number of nitrogens with zero attached hydrogens (tertiary/aromatic N) is 2. The van der Waals surface area contributed by atoms with Gasteiger partial charge < -0.3 is 10.1 Å². The Kier molecular flexibility index (Phi) is 4.57. The molecule has 0 bridgehead atoms. The number of rotatable bonds is 4. The Morgan fingerprint density at radius 3 is 2.67 bits per heavy atom. The second-order valence-electron chi connectivity index (χ2n) is 5.61. The van der Waals surface area contributed by atoms with Gasteiger partial charge in [-0.2, -0.15) is 0 Å². The van der Waals surface area contributed by atoms with Crippen molar-refractivity contribution in [2.75, 3.05) is 7.11 Å². The first-order valence-corrected chi connectivity index (χ1v) is 8.35. The van der Waals surface area contributed by atoms with Crippen molar-refractivity contribution in [3.63, 3.8) is 0 Å². The minimum absolute atomic E-state index is 0.145. The number of nitrogens with one attached hydrogen (secondary N) is 1. The standard InChI is InChI=1S/C18H18BrN3O2/c1-11-8-14(19)10-22-16(12(2)21-17(11)22)18(23)20-9-13-4-6-15(24-3)7-5-13/h4-8,10H,9H2,1-3H3,(H,20,23). The first-order valence-electron chi connectivity index (χ1n) is 7.55. The molecule has 1 amide bonds. The van der Waals surface area contributed by atoms with Crippen LogP contribution in [0.3, 0.4) is 0 Å². The van der Waals surface area contributed by atoms with E-state index in [4.69, 9.17) is 4.74 Å². The maximum atomic E-state index is 12.6.